The van der Waals surface area contributed by atoms with Crippen LogP contribution in [0.2, 0.25) is 0 Å². The third-order valence-electron chi connectivity index (χ3n) is 4.10. The Balaban J connectivity index is 1.56. The number of rotatable bonds is 3. The Morgan fingerprint density at radius 3 is 2.46 bits per heavy atom. The molecule has 2 amide bonds. The number of benzene rings is 2. The summed E-state index contributed by atoms with van der Waals surface area (Å²) in [7, 11) is 0. The Morgan fingerprint density at radius 2 is 1.71 bits per heavy atom. The standard InChI is InChI=1S/C19H20N2O3/c1-14(20-19(23)24-17-9-3-2-4-10-17)18(22)21-12-11-15-7-5-6-8-16(15)13-21/h2-10,14H,11-13H2,1H3,(H,20,23)/t14-/m0/s1. The van der Waals surface area contributed by atoms with Gasteiger partial charge in [-0.1, -0.05) is 42.5 Å². The van der Waals surface area contributed by atoms with E-state index in [0.29, 0.717) is 18.8 Å². The lowest BCUT2D eigenvalue weighted by Crippen LogP contribution is -2.49. The van der Waals surface area contributed by atoms with E-state index in [-0.39, 0.29) is 5.91 Å². The lowest BCUT2D eigenvalue weighted by Gasteiger charge is -2.31. The van der Waals surface area contributed by atoms with E-state index < -0.39 is 12.1 Å². The number of fused-ring (bicyclic) bond motifs is 1. The number of hydrogen-bond acceptors (Lipinski definition) is 3. The van der Waals surface area contributed by atoms with Gasteiger partial charge in [0.25, 0.3) is 0 Å². The maximum absolute atomic E-state index is 12.6. The van der Waals surface area contributed by atoms with Crippen LogP contribution < -0.4 is 10.1 Å². The van der Waals surface area contributed by atoms with E-state index in [4.69, 9.17) is 4.74 Å². The van der Waals surface area contributed by atoms with E-state index in [2.05, 4.69) is 11.4 Å². The van der Waals surface area contributed by atoms with Crippen LogP contribution in [-0.2, 0) is 17.8 Å². The van der Waals surface area contributed by atoms with E-state index in [1.807, 2.05) is 24.3 Å². The van der Waals surface area contributed by atoms with Crippen molar-refractivity contribution < 1.29 is 14.3 Å². The molecule has 2 aromatic rings. The first-order valence-corrected chi connectivity index (χ1v) is 8.02. The molecule has 0 radical (unpaired) electrons. The highest BCUT2D eigenvalue weighted by Gasteiger charge is 2.25. The molecule has 124 valence electrons. The number of amides is 2. The van der Waals surface area contributed by atoms with E-state index >= 15 is 0 Å². The molecule has 1 N–H and O–H groups in total. The van der Waals surface area contributed by atoms with Crippen molar-refractivity contribution in [1.29, 1.82) is 0 Å². The Morgan fingerprint density at radius 1 is 1.04 bits per heavy atom. The maximum Gasteiger partial charge on any atom is 0.413 e. The number of hydrogen-bond donors (Lipinski definition) is 1. The van der Waals surface area contributed by atoms with Crippen LogP contribution in [0.1, 0.15) is 18.1 Å². The third-order valence-corrected chi connectivity index (χ3v) is 4.10. The summed E-state index contributed by atoms with van der Waals surface area (Å²) >= 11 is 0. The van der Waals surface area contributed by atoms with Crippen molar-refractivity contribution in [3.05, 3.63) is 65.7 Å². The van der Waals surface area contributed by atoms with Gasteiger partial charge in [-0.25, -0.2) is 4.79 Å². The highest BCUT2D eigenvalue weighted by molar-refractivity contribution is 5.86. The van der Waals surface area contributed by atoms with Crippen molar-refractivity contribution in [2.75, 3.05) is 6.54 Å². The van der Waals surface area contributed by atoms with Crippen molar-refractivity contribution in [1.82, 2.24) is 10.2 Å². The van der Waals surface area contributed by atoms with Crippen LogP contribution in [0.15, 0.2) is 54.6 Å². The largest absolute Gasteiger partial charge is 0.413 e. The second-order valence-corrected chi connectivity index (χ2v) is 5.85. The molecule has 1 aliphatic heterocycles. The van der Waals surface area contributed by atoms with Crippen LogP contribution in [0.5, 0.6) is 5.75 Å². The quantitative estimate of drug-likeness (QED) is 0.944. The van der Waals surface area contributed by atoms with Crippen LogP contribution >= 0.6 is 0 Å². The Hall–Kier alpha value is -2.82. The SMILES string of the molecule is C[C@H](NC(=O)Oc1ccccc1)C(=O)N1CCc2ccccc2C1. The summed E-state index contributed by atoms with van der Waals surface area (Å²) in [5.74, 6) is 0.344. The summed E-state index contributed by atoms with van der Waals surface area (Å²) in [5.41, 5.74) is 2.45. The molecule has 0 aliphatic carbocycles. The van der Waals surface area contributed by atoms with Crippen molar-refractivity contribution in [2.24, 2.45) is 0 Å². The molecule has 0 bridgehead atoms. The van der Waals surface area contributed by atoms with Crippen LogP contribution in [0.25, 0.3) is 0 Å². The highest BCUT2D eigenvalue weighted by Crippen LogP contribution is 2.19. The fraction of sp³-hybridized carbons (Fsp3) is 0.263. The smallest absolute Gasteiger partial charge is 0.410 e. The average Bonchev–Trinajstić information content (AvgIpc) is 2.61. The van der Waals surface area contributed by atoms with E-state index in [9.17, 15) is 9.59 Å². The third kappa shape index (κ3) is 3.74. The van der Waals surface area contributed by atoms with Crippen molar-refractivity contribution in [3.63, 3.8) is 0 Å². The van der Waals surface area contributed by atoms with Gasteiger partial charge in [0, 0.05) is 13.1 Å². The van der Waals surface area contributed by atoms with Crippen LogP contribution in [0.4, 0.5) is 4.79 Å². The van der Waals surface area contributed by atoms with Gasteiger partial charge in [0.05, 0.1) is 0 Å². The average molecular weight is 324 g/mol. The summed E-state index contributed by atoms with van der Waals surface area (Å²) in [6.07, 6.45) is 0.211. The number of para-hydroxylation sites is 1. The number of nitrogens with zero attached hydrogens (tertiary/aromatic N) is 1. The minimum Gasteiger partial charge on any atom is -0.410 e. The van der Waals surface area contributed by atoms with Gasteiger partial charge >= 0.3 is 6.09 Å². The Kier molecular flexibility index (Phi) is 4.79. The van der Waals surface area contributed by atoms with Gasteiger partial charge in [0.2, 0.25) is 5.91 Å². The molecule has 1 atom stereocenters. The molecule has 24 heavy (non-hydrogen) atoms. The first-order chi connectivity index (χ1) is 11.6. The molecular formula is C19H20N2O3. The molecule has 0 unspecified atom stereocenters. The molecule has 0 aromatic heterocycles. The molecule has 1 aliphatic rings. The highest BCUT2D eigenvalue weighted by atomic mass is 16.6. The molecule has 0 fully saturated rings. The maximum atomic E-state index is 12.6. The molecule has 0 saturated heterocycles. The predicted molar refractivity (Wildman–Crippen MR) is 90.6 cm³/mol. The van der Waals surface area contributed by atoms with E-state index in [0.717, 1.165) is 12.0 Å². The molecule has 5 heteroatoms. The Bertz CT molecular complexity index is 730. The fourth-order valence-electron chi connectivity index (χ4n) is 2.82. The van der Waals surface area contributed by atoms with Crippen molar-refractivity contribution in [3.8, 4) is 5.75 Å². The van der Waals surface area contributed by atoms with Gasteiger partial charge in [-0.15, -0.1) is 0 Å². The minimum atomic E-state index is -0.633. The minimum absolute atomic E-state index is 0.102. The van der Waals surface area contributed by atoms with Gasteiger partial charge in [-0.05, 0) is 36.6 Å². The topological polar surface area (TPSA) is 58.6 Å². The number of carbonyl (C=O) groups is 2. The zero-order valence-electron chi connectivity index (χ0n) is 13.6. The van der Waals surface area contributed by atoms with Gasteiger partial charge in [-0.2, -0.15) is 0 Å². The zero-order chi connectivity index (χ0) is 16.9. The molecule has 3 rings (SSSR count). The van der Waals surface area contributed by atoms with Gasteiger partial charge < -0.3 is 15.0 Å². The van der Waals surface area contributed by atoms with Gasteiger partial charge in [-0.3, -0.25) is 4.79 Å². The Labute approximate surface area is 141 Å². The van der Waals surface area contributed by atoms with Crippen LogP contribution in [0.3, 0.4) is 0 Å². The molecule has 2 aromatic carbocycles. The molecular weight excluding hydrogens is 304 g/mol. The zero-order valence-corrected chi connectivity index (χ0v) is 13.6. The molecule has 1 heterocycles. The first-order valence-electron chi connectivity index (χ1n) is 8.02. The molecule has 0 saturated carbocycles. The summed E-state index contributed by atoms with van der Waals surface area (Å²) in [4.78, 5) is 26.2. The summed E-state index contributed by atoms with van der Waals surface area (Å²) in [5, 5.41) is 2.60. The number of nitrogens with one attached hydrogen (secondary N) is 1. The molecule has 5 nitrogen and oxygen atoms in total. The van der Waals surface area contributed by atoms with Crippen LogP contribution in [0, 0.1) is 0 Å². The second kappa shape index (κ2) is 7.17. The first kappa shape index (κ1) is 16.1. The number of ether oxygens (including phenoxy) is 1. The van der Waals surface area contributed by atoms with Crippen LogP contribution in [-0.4, -0.2) is 29.5 Å². The fourth-order valence-corrected chi connectivity index (χ4v) is 2.82. The summed E-state index contributed by atoms with van der Waals surface area (Å²) in [6, 6.07) is 16.3. The monoisotopic (exact) mass is 324 g/mol. The van der Waals surface area contributed by atoms with Crippen molar-refractivity contribution >= 4 is 12.0 Å². The summed E-state index contributed by atoms with van der Waals surface area (Å²) < 4.78 is 5.16. The molecule has 0 spiro atoms. The summed E-state index contributed by atoms with van der Waals surface area (Å²) in [6.45, 7) is 2.92. The number of carbonyl (C=O) groups excluding carboxylic acids is 2. The van der Waals surface area contributed by atoms with Crippen molar-refractivity contribution in [2.45, 2.75) is 25.9 Å². The van der Waals surface area contributed by atoms with Gasteiger partial charge in [0.1, 0.15) is 11.8 Å². The van der Waals surface area contributed by atoms with E-state index in [1.54, 1.807) is 36.1 Å². The second-order valence-electron chi connectivity index (χ2n) is 5.85. The predicted octanol–water partition coefficient (Wildman–Crippen LogP) is 2.75. The van der Waals surface area contributed by atoms with Gasteiger partial charge in [0.15, 0.2) is 0 Å². The van der Waals surface area contributed by atoms with E-state index in [1.165, 1.54) is 5.56 Å². The normalized spacial score (nSPS) is 14.5. The lowest BCUT2D eigenvalue weighted by molar-refractivity contribution is -0.133. The lowest BCUT2D eigenvalue weighted by atomic mass is 9.99.